The predicted molar refractivity (Wildman–Crippen MR) is 70.3 cm³/mol. The highest BCUT2D eigenvalue weighted by molar-refractivity contribution is 5.65. The zero-order valence-corrected chi connectivity index (χ0v) is 10.5. The molecule has 2 rings (SSSR count). The Kier molecular flexibility index (Phi) is 3.43. The molecular formula is C15H17NO. The molecule has 88 valence electrons. The number of aromatic nitrogens is 1. The summed E-state index contributed by atoms with van der Waals surface area (Å²) in [6, 6.07) is 12.2. The van der Waals surface area contributed by atoms with Gasteiger partial charge in [-0.15, -0.1) is 0 Å². The Bertz CT molecular complexity index is 506. The van der Waals surface area contributed by atoms with Crippen LogP contribution in [0.3, 0.4) is 0 Å². The molecule has 2 nitrogen and oxygen atoms in total. The molecule has 0 saturated carbocycles. The summed E-state index contributed by atoms with van der Waals surface area (Å²) in [5.74, 6) is 1.33. The molecule has 0 fully saturated rings. The maximum Gasteiger partial charge on any atom is 0.122 e. The summed E-state index contributed by atoms with van der Waals surface area (Å²) in [7, 11) is 1.67. The Morgan fingerprint density at radius 2 is 1.88 bits per heavy atom. The Labute approximate surface area is 102 Å². The molecule has 1 aromatic heterocycles. The number of pyridine rings is 1. The van der Waals surface area contributed by atoms with E-state index in [1.165, 1.54) is 11.1 Å². The summed E-state index contributed by atoms with van der Waals surface area (Å²) in [5, 5.41) is 0. The first-order valence-electron chi connectivity index (χ1n) is 5.81. The second-order valence-corrected chi connectivity index (χ2v) is 4.32. The fourth-order valence-corrected chi connectivity index (χ4v) is 1.92. The van der Waals surface area contributed by atoms with Crippen LogP contribution in [0.15, 0.2) is 42.6 Å². The van der Waals surface area contributed by atoms with E-state index < -0.39 is 0 Å². The number of methoxy groups -OCH3 is 1. The van der Waals surface area contributed by atoms with Crippen LogP contribution in [-0.4, -0.2) is 12.1 Å². The summed E-state index contributed by atoms with van der Waals surface area (Å²) < 4.78 is 5.24. The summed E-state index contributed by atoms with van der Waals surface area (Å²) >= 11 is 0. The molecule has 0 saturated heterocycles. The SMILES string of the molecule is COc1ccnc(-c2ccccc2C(C)C)c1. The van der Waals surface area contributed by atoms with Crippen molar-refractivity contribution in [1.29, 1.82) is 0 Å². The average molecular weight is 227 g/mol. The Morgan fingerprint density at radius 1 is 1.12 bits per heavy atom. The molecule has 1 aromatic carbocycles. The highest BCUT2D eigenvalue weighted by Crippen LogP contribution is 2.29. The van der Waals surface area contributed by atoms with Crippen molar-refractivity contribution < 1.29 is 4.74 Å². The minimum absolute atomic E-state index is 0.485. The highest BCUT2D eigenvalue weighted by atomic mass is 16.5. The Balaban J connectivity index is 2.52. The van der Waals surface area contributed by atoms with Crippen molar-refractivity contribution in [2.45, 2.75) is 19.8 Å². The highest BCUT2D eigenvalue weighted by Gasteiger charge is 2.09. The van der Waals surface area contributed by atoms with Gasteiger partial charge in [-0.25, -0.2) is 0 Å². The molecule has 0 spiro atoms. The minimum atomic E-state index is 0.485. The third-order valence-electron chi connectivity index (χ3n) is 2.83. The van der Waals surface area contributed by atoms with Gasteiger partial charge < -0.3 is 4.74 Å². The van der Waals surface area contributed by atoms with E-state index >= 15 is 0 Å². The van der Waals surface area contributed by atoms with Crippen LogP contribution in [0.1, 0.15) is 25.3 Å². The van der Waals surface area contributed by atoms with Gasteiger partial charge in [0.1, 0.15) is 5.75 Å². The van der Waals surface area contributed by atoms with Crippen molar-refractivity contribution in [3.05, 3.63) is 48.2 Å². The molecule has 0 unspecified atom stereocenters. The van der Waals surface area contributed by atoms with Gasteiger partial charge in [-0.2, -0.15) is 0 Å². The van der Waals surface area contributed by atoms with Crippen LogP contribution in [0.2, 0.25) is 0 Å². The topological polar surface area (TPSA) is 22.1 Å². The van der Waals surface area contributed by atoms with E-state index in [0.29, 0.717) is 5.92 Å². The van der Waals surface area contributed by atoms with Gasteiger partial charge >= 0.3 is 0 Å². The second-order valence-electron chi connectivity index (χ2n) is 4.32. The van der Waals surface area contributed by atoms with Crippen LogP contribution >= 0.6 is 0 Å². The lowest BCUT2D eigenvalue weighted by molar-refractivity contribution is 0.414. The molecule has 0 aliphatic rings. The normalized spacial score (nSPS) is 10.6. The van der Waals surface area contributed by atoms with Gasteiger partial charge in [0.05, 0.1) is 12.8 Å². The molecule has 0 aliphatic carbocycles. The first kappa shape index (κ1) is 11.6. The maximum absolute atomic E-state index is 5.24. The fraction of sp³-hybridized carbons (Fsp3) is 0.267. The summed E-state index contributed by atoms with van der Waals surface area (Å²) in [5.41, 5.74) is 3.46. The largest absolute Gasteiger partial charge is 0.497 e. The molecule has 1 heterocycles. The number of ether oxygens (including phenoxy) is 1. The summed E-state index contributed by atoms with van der Waals surface area (Å²) in [4.78, 5) is 4.42. The van der Waals surface area contributed by atoms with E-state index in [9.17, 15) is 0 Å². The molecule has 0 aliphatic heterocycles. The first-order valence-corrected chi connectivity index (χ1v) is 5.81. The molecular weight excluding hydrogens is 210 g/mol. The molecule has 0 N–H and O–H groups in total. The molecule has 2 heteroatoms. The number of nitrogens with zero attached hydrogens (tertiary/aromatic N) is 1. The van der Waals surface area contributed by atoms with Crippen LogP contribution in [-0.2, 0) is 0 Å². The van der Waals surface area contributed by atoms with Gasteiger partial charge in [0.2, 0.25) is 0 Å². The lowest BCUT2D eigenvalue weighted by Crippen LogP contribution is -1.94. The van der Waals surface area contributed by atoms with Crippen LogP contribution < -0.4 is 4.74 Å². The molecule has 0 amide bonds. The monoisotopic (exact) mass is 227 g/mol. The van der Waals surface area contributed by atoms with Gasteiger partial charge in [0.25, 0.3) is 0 Å². The second kappa shape index (κ2) is 5.00. The number of rotatable bonds is 3. The molecule has 0 atom stereocenters. The predicted octanol–water partition coefficient (Wildman–Crippen LogP) is 3.88. The third kappa shape index (κ3) is 2.47. The molecule has 2 aromatic rings. The summed E-state index contributed by atoms with van der Waals surface area (Å²) in [6.07, 6.45) is 1.78. The van der Waals surface area contributed by atoms with E-state index in [1.54, 1.807) is 13.3 Å². The van der Waals surface area contributed by atoms with Gasteiger partial charge in [-0.3, -0.25) is 4.98 Å². The van der Waals surface area contributed by atoms with Gasteiger partial charge in [-0.05, 0) is 17.5 Å². The zero-order valence-electron chi connectivity index (χ0n) is 10.5. The smallest absolute Gasteiger partial charge is 0.122 e. The van der Waals surface area contributed by atoms with Crippen molar-refractivity contribution in [2.75, 3.05) is 7.11 Å². The van der Waals surface area contributed by atoms with Gasteiger partial charge in [0, 0.05) is 17.8 Å². The number of hydrogen-bond donors (Lipinski definition) is 0. The first-order chi connectivity index (χ1) is 8.22. The van der Waals surface area contributed by atoms with E-state index in [0.717, 1.165) is 11.4 Å². The average Bonchev–Trinajstić information content (AvgIpc) is 2.39. The van der Waals surface area contributed by atoms with E-state index in [1.807, 2.05) is 18.2 Å². The Morgan fingerprint density at radius 3 is 2.59 bits per heavy atom. The van der Waals surface area contributed by atoms with Crippen LogP contribution in [0.25, 0.3) is 11.3 Å². The van der Waals surface area contributed by atoms with Crippen molar-refractivity contribution >= 4 is 0 Å². The summed E-state index contributed by atoms with van der Waals surface area (Å²) in [6.45, 7) is 4.39. The zero-order chi connectivity index (χ0) is 12.3. The van der Waals surface area contributed by atoms with Crippen LogP contribution in [0, 0.1) is 0 Å². The van der Waals surface area contributed by atoms with Gasteiger partial charge in [-0.1, -0.05) is 38.1 Å². The lowest BCUT2D eigenvalue weighted by Gasteiger charge is -2.12. The van der Waals surface area contributed by atoms with Crippen molar-refractivity contribution in [1.82, 2.24) is 4.98 Å². The van der Waals surface area contributed by atoms with E-state index in [2.05, 4.69) is 37.0 Å². The van der Waals surface area contributed by atoms with E-state index in [-0.39, 0.29) is 0 Å². The van der Waals surface area contributed by atoms with Gasteiger partial charge in [0.15, 0.2) is 0 Å². The van der Waals surface area contributed by atoms with Crippen molar-refractivity contribution in [2.24, 2.45) is 0 Å². The molecule has 0 bridgehead atoms. The Hall–Kier alpha value is -1.83. The maximum atomic E-state index is 5.24. The lowest BCUT2D eigenvalue weighted by atomic mass is 9.95. The molecule has 17 heavy (non-hydrogen) atoms. The minimum Gasteiger partial charge on any atom is -0.497 e. The van der Waals surface area contributed by atoms with Crippen molar-refractivity contribution in [3.8, 4) is 17.0 Å². The van der Waals surface area contributed by atoms with E-state index in [4.69, 9.17) is 4.74 Å². The number of benzene rings is 1. The number of hydrogen-bond acceptors (Lipinski definition) is 2. The standard InChI is InChI=1S/C15H17NO/c1-11(2)13-6-4-5-7-14(13)15-10-12(17-3)8-9-16-15/h4-11H,1-3H3. The quantitative estimate of drug-likeness (QED) is 0.793. The fourth-order valence-electron chi connectivity index (χ4n) is 1.92. The molecule has 0 radical (unpaired) electrons. The van der Waals surface area contributed by atoms with Crippen LogP contribution in [0.4, 0.5) is 0 Å². The van der Waals surface area contributed by atoms with Crippen LogP contribution in [0.5, 0.6) is 5.75 Å². The third-order valence-corrected chi connectivity index (χ3v) is 2.83. The van der Waals surface area contributed by atoms with Crippen molar-refractivity contribution in [3.63, 3.8) is 0 Å².